The number of carbonyl (C=O) groups is 1. The molecule has 0 spiro atoms. The third kappa shape index (κ3) is 3.72. The second-order valence-electron chi connectivity index (χ2n) is 6.80. The minimum atomic E-state index is -3.31. The fourth-order valence-corrected chi connectivity index (χ4v) is 6.07. The van der Waals surface area contributed by atoms with Crippen molar-refractivity contribution in [3.05, 3.63) is 29.8 Å². The topological polar surface area (TPSA) is 76.2 Å². The number of rotatable bonds is 5. The van der Waals surface area contributed by atoms with Crippen LogP contribution in [0.25, 0.3) is 0 Å². The molecule has 0 unspecified atom stereocenters. The van der Waals surface area contributed by atoms with Crippen LogP contribution in [0.3, 0.4) is 0 Å². The molecule has 2 aliphatic heterocycles. The fraction of sp³-hybridized carbons (Fsp3) is 0.611. The number of fused-ring (bicyclic) bond motifs is 1. The van der Waals surface area contributed by atoms with Gasteiger partial charge in [-0.2, -0.15) is 4.31 Å². The van der Waals surface area contributed by atoms with Gasteiger partial charge in [-0.15, -0.1) is 0 Å². The highest BCUT2D eigenvalue weighted by Gasteiger charge is 2.46. The van der Waals surface area contributed by atoms with Crippen molar-refractivity contribution in [1.29, 1.82) is 0 Å². The van der Waals surface area contributed by atoms with Crippen LogP contribution in [0, 0.1) is 5.92 Å². The van der Waals surface area contributed by atoms with Crippen LogP contribution in [0.15, 0.2) is 24.3 Å². The summed E-state index contributed by atoms with van der Waals surface area (Å²) >= 11 is 0. The first-order valence-corrected chi connectivity index (χ1v) is 10.4. The Hall–Kier alpha value is -1.64. The Labute approximate surface area is 154 Å². The minimum absolute atomic E-state index is 0.0694. The van der Waals surface area contributed by atoms with E-state index in [2.05, 4.69) is 0 Å². The Morgan fingerprint density at radius 3 is 2.73 bits per heavy atom. The van der Waals surface area contributed by atoms with Crippen LogP contribution < -0.4 is 4.74 Å². The quantitative estimate of drug-likeness (QED) is 0.765. The predicted octanol–water partition coefficient (Wildman–Crippen LogP) is 1.21. The Balaban J connectivity index is 1.69. The maximum atomic E-state index is 12.8. The van der Waals surface area contributed by atoms with Crippen molar-refractivity contribution in [3.8, 4) is 5.75 Å². The summed E-state index contributed by atoms with van der Waals surface area (Å²) in [5.74, 6) is 0.636. The number of sulfonamides is 1. The van der Waals surface area contributed by atoms with Gasteiger partial charge in [0, 0.05) is 38.9 Å². The van der Waals surface area contributed by atoms with E-state index in [9.17, 15) is 13.2 Å². The molecule has 1 amide bonds. The van der Waals surface area contributed by atoms with Crippen molar-refractivity contribution in [3.63, 3.8) is 0 Å². The van der Waals surface area contributed by atoms with Crippen LogP contribution in [0.5, 0.6) is 5.75 Å². The summed E-state index contributed by atoms with van der Waals surface area (Å²) in [6, 6.07) is 7.07. The van der Waals surface area contributed by atoms with Crippen molar-refractivity contribution in [1.82, 2.24) is 9.21 Å². The van der Waals surface area contributed by atoms with Gasteiger partial charge in [0.05, 0.1) is 19.0 Å². The monoisotopic (exact) mass is 382 g/mol. The van der Waals surface area contributed by atoms with Gasteiger partial charge < -0.3 is 14.4 Å². The summed E-state index contributed by atoms with van der Waals surface area (Å²) < 4.78 is 37.3. The maximum Gasteiger partial charge on any atom is 0.253 e. The van der Waals surface area contributed by atoms with Crippen molar-refractivity contribution >= 4 is 15.9 Å². The zero-order valence-electron chi connectivity index (χ0n) is 15.3. The SMILES string of the molecule is COCCN1C[C@H]2CCN(C(=O)c3cccc(OC)c3)CC[C@H]2S1(=O)=O. The summed E-state index contributed by atoms with van der Waals surface area (Å²) in [4.78, 5) is 14.6. The summed E-state index contributed by atoms with van der Waals surface area (Å²) in [6.07, 6.45) is 1.18. The van der Waals surface area contributed by atoms with Gasteiger partial charge in [0.1, 0.15) is 5.75 Å². The summed E-state index contributed by atoms with van der Waals surface area (Å²) in [6.45, 7) is 2.36. The second kappa shape index (κ2) is 7.94. The van der Waals surface area contributed by atoms with E-state index < -0.39 is 15.3 Å². The van der Waals surface area contributed by atoms with Crippen molar-refractivity contribution in [2.45, 2.75) is 18.1 Å². The molecule has 26 heavy (non-hydrogen) atoms. The van der Waals surface area contributed by atoms with E-state index in [-0.39, 0.29) is 11.8 Å². The van der Waals surface area contributed by atoms with Crippen molar-refractivity contribution in [2.24, 2.45) is 5.92 Å². The van der Waals surface area contributed by atoms with Gasteiger partial charge in [0.25, 0.3) is 5.91 Å². The zero-order chi connectivity index (χ0) is 18.7. The molecule has 0 N–H and O–H groups in total. The van der Waals surface area contributed by atoms with Crippen LogP contribution in [0.2, 0.25) is 0 Å². The third-order valence-electron chi connectivity index (χ3n) is 5.31. The predicted molar refractivity (Wildman–Crippen MR) is 97.8 cm³/mol. The Morgan fingerprint density at radius 1 is 1.23 bits per heavy atom. The van der Waals surface area contributed by atoms with Gasteiger partial charge >= 0.3 is 0 Å². The summed E-state index contributed by atoms with van der Waals surface area (Å²) in [5, 5.41) is -0.400. The van der Waals surface area contributed by atoms with Crippen LogP contribution in [0.1, 0.15) is 23.2 Å². The number of likely N-dealkylation sites (tertiary alicyclic amines) is 1. The van der Waals surface area contributed by atoms with E-state index in [4.69, 9.17) is 9.47 Å². The minimum Gasteiger partial charge on any atom is -0.497 e. The summed E-state index contributed by atoms with van der Waals surface area (Å²) in [5.41, 5.74) is 0.570. The van der Waals surface area contributed by atoms with E-state index in [1.165, 1.54) is 0 Å². The van der Waals surface area contributed by atoms with Crippen molar-refractivity contribution < 1.29 is 22.7 Å². The van der Waals surface area contributed by atoms with Gasteiger partial charge in [-0.25, -0.2) is 8.42 Å². The lowest BCUT2D eigenvalue weighted by Crippen LogP contribution is -2.35. The first-order chi connectivity index (χ1) is 12.5. The molecule has 2 aliphatic rings. The molecule has 3 rings (SSSR count). The first-order valence-electron chi connectivity index (χ1n) is 8.88. The largest absolute Gasteiger partial charge is 0.497 e. The van der Waals surface area contributed by atoms with E-state index in [1.54, 1.807) is 47.7 Å². The lowest BCUT2D eigenvalue weighted by atomic mass is 10.0. The highest BCUT2D eigenvalue weighted by atomic mass is 32.2. The number of benzene rings is 1. The van der Waals surface area contributed by atoms with Crippen molar-refractivity contribution in [2.75, 3.05) is 47.0 Å². The van der Waals surface area contributed by atoms with Crippen LogP contribution in [-0.4, -0.2) is 75.8 Å². The van der Waals surface area contributed by atoms with Gasteiger partial charge in [-0.3, -0.25) is 4.79 Å². The molecule has 2 atom stereocenters. The standard InChI is InChI=1S/C18H26N2O5S/c1-24-11-10-20-13-15-6-8-19(9-7-17(15)26(20,22)23)18(21)14-4-3-5-16(12-14)25-2/h3-5,12,15,17H,6-11,13H2,1-2H3/t15-,17-/m1/s1. The smallest absolute Gasteiger partial charge is 0.253 e. The lowest BCUT2D eigenvalue weighted by Gasteiger charge is -2.22. The van der Waals surface area contributed by atoms with E-state index in [0.29, 0.717) is 56.9 Å². The highest BCUT2D eigenvalue weighted by Crippen LogP contribution is 2.34. The molecule has 0 saturated carbocycles. The molecule has 8 heteroatoms. The Kier molecular flexibility index (Phi) is 5.84. The number of ether oxygens (including phenoxy) is 2. The number of amides is 1. The van der Waals surface area contributed by atoms with Gasteiger partial charge in [-0.1, -0.05) is 6.07 Å². The molecule has 2 fully saturated rings. The molecule has 1 aromatic rings. The highest BCUT2D eigenvalue weighted by molar-refractivity contribution is 7.90. The number of hydrogen-bond acceptors (Lipinski definition) is 5. The van der Waals surface area contributed by atoms with E-state index in [0.717, 1.165) is 0 Å². The molecule has 0 aliphatic carbocycles. The van der Waals surface area contributed by atoms with Crippen LogP contribution in [-0.2, 0) is 14.8 Å². The molecule has 1 aromatic carbocycles. The molecule has 0 radical (unpaired) electrons. The molecular formula is C18H26N2O5S. The number of nitrogens with zero attached hydrogens (tertiary/aromatic N) is 2. The number of methoxy groups -OCH3 is 2. The van der Waals surface area contributed by atoms with Crippen LogP contribution in [0.4, 0.5) is 0 Å². The Bertz CT molecular complexity index is 752. The maximum absolute atomic E-state index is 12.8. The molecule has 2 heterocycles. The van der Waals surface area contributed by atoms with E-state index >= 15 is 0 Å². The third-order valence-corrected chi connectivity index (χ3v) is 7.75. The van der Waals surface area contributed by atoms with Gasteiger partial charge in [-0.05, 0) is 37.0 Å². The van der Waals surface area contributed by atoms with Gasteiger partial charge in [0.2, 0.25) is 10.0 Å². The molecule has 2 saturated heterocycles. The van der Waals surface area contributed by atoms with E-state index in [1.807, 2.05) is 0 Å². The lowest BCUT2D eigenvalue weighted by molar-refractivity contribution is 0.0758. The zero-order valence-corrected chi connectivity index (χ0v) is 16.1. The average Bonchev–Trinajstić information content (AvgIpc) is 2.79. The number of carbonyl (C=O) groups excluding carboxylic acids is 1. The Morgan fingerprint density at radius 2 is 2.00 bits per heavy atom. The molecule has 7 nitrogen and oxygen atoms in total. The second-order valence-corrected chi connectivity index (χ2v) is 8.95. The molecular weight excluding hydrogens is 356 g/mol. The molecule has 144 valence electrons. The summed E-state index contributed by atoms with van der Waals surface area (Å²) in [7, 11) is -0.174. The number of hydrogen-bond donors (Lipinski definition) is 0. The van der Waals surface area contributed by atoms with Gasteiger partial charge in [0.15, 0.2) is 0 Å². The normalized spacial score (nSPS) is 25.5. The van der Waals surface area contributed by atoms with Crippen LogP contribution >= 0.6 is 0 Å². The molecule has 0 bridgehead atoms. The fourth-order valence-electron chi connectivity index (χ4n) is 3.85. The average molecular weight is 382 g/mol. The first kappa shape index (κ1) is 19.1. The molecule has 0 aromatic heterocycles.